The summed E-state index contributed by atoms with van der Waals surface area (Å²) in [7, 11) is 3.12. The molecule has 6 nitrogen and oxygen atoms in total. The summed E-state index contributed by atoms with van der Waals surface area (Å²) in [5, 5.41) is 11.7. The standard InChI is InChI=1S/C15H12F3N5O/c1-22(2)14(24)12-7-11(13-20-19-8-23(13)21-12)9-4-3-5-10(6-9)15(16,17)18/h3-8H,1-2H3. The monoisotopic (exact) mass is 335 g/mol. The Bertz CT molecular complexity index is 917. The second-order valence-corrected chi connectivity index (χ2v) is 5.32. The summed E-state index contributed by atoms with van der Waals surface area (Å²) in [6.07, 6.45) is -3.17. The minimum Gasteiger partial charge on any atom is -0.343 e. The normalized spacial score (nSPS) is 11.7. The van der Waals surface area contributed by atoms with Crippen LogP contribution >= 0.6 is 0 Å². The van der Waals surface area contributed by atoms with Crippen molar-refractivity contribution in [3.63, 3.8) is 0 Å². The summed E-state index contributed by atoms with van der Waals surface area (Å²) < 4.78 is 40.1. The number of amides is 1. The Morgan fingerprint density at radius 1 is 1.21 bits per heavy atom. The van der Waals surface area contributed by atoms with Crippen LogP contribution in [-0.2, 0) is 6.18 Å². The van der Waals surface area contributed by atoms with E-state index in [1.54, 1.807) is 14.1 Å². The zero-order chi connectivity index (χ0) is 17.5. The molecule has 0 unspecified atom stereocenters. The minimum absolute atomic E-state index is 0.0831. The lowest BCUT2D eigenvalue weighted by Crippen LogP contribution is -2.23. The van der Waals surface area contributed by atoms with E-state index in [1.807, 2.05) is 0 Å². The number of hydrogen-bond acceptors (Lipinski definition) is 4. The van der Waals surface area contributed by atoms with Crippen molar-refractivity contribution in [1.29, 1.82) is 0 Å². The van der Waals surface area contributed by atoms with Crippen LogP contribution in [0.15, 0.2) is 36.7 Å². The molecule has 0 saturated heterocycles. The Morgan fingerprint density at radius 2 is 1.96 bits per heavy atom. The molecule has 1 amide bonds. The lowest BCUT2D eigenvalue weighted by Gasteiger charge is -2.12. The Hall–Kier alpha value is -2.97. The van der Waals surface area contributed by atoms with E-state index in [4.69, 9.17) is 0 Å². The van der Waals surface area contributed by atoms with Gasteiger partial charge in [-0.05, 0) is 23.8 Å². The van der Waals surface area contributed by atoms with Crippen molar-refractivity contribution >= 4 is 11.6 Å². The number of carbonyl (C=O) groups excluding carboxylic acids is 1. The Kier molecular flexibility index (Phi) is 3.70. The summed E-state index contributed by atoms with van der Waals surface area (Å²) in [5.74, 6) is -0.376. The number of hydrogen-bond donors (Lipinski definition) is 0. The fraction of sp³-hybridized carbons (Fsp3) is 0.200. The van der Waals surface area contributed by atoms with E-state index >= 15 is 0 Å². The van der Waals surface area contributed by atoms with Gasteiger partial charge in [-0.2, -0.15) is 22.8 Å². The average Bonchev–Trinajstić information content (AvgIpc) is 3.00. The van der Waals surface area contributed by atoms with Gasteiger partial charge in [-0.3, -0.25) is 4.79 Å². The molecule has 0 spiro atoms. The smallest absolute Gasteiger partial charge is 0.343 e. The lowest BCUT2D eigenvalue weighted by atomic mass is 10.0. The third kappa shape index (κ3) is 2.80. The van der Waals surface area contributed by atoms with Crippen LogP contribution in [0.5, 0.6) is 0 Å². The molecule has 0 aliphatic heterocycles. The van der Waals surface area contributed by atoms with Gasteiger partial charge in [-0.15, -0.1) is 10.2 Å². The number of nitrogens with zero attached hydrogens (tertiary/aromatic N) is 5. The molecule has 0 saturated carbocycles. The third-order valence-corrected chi connectivity index (χ3v) is 3.39. The van der Waals surface area contributed by atoms with Gasteiger partial charge >= 0.3 is 6.18 Å². The SMILES string of the molecule is CN(C)C(=O)c1cc(-c2cccc(C(F)(F)F)c2)c2nncn2n1. The molecule has 2 aromatic heterocycles. The number of rotatable bonds is 2. The second kappa shape index (κ2) is 5.59. The highest BCUT2D eigenvalue weighted by Crippen LogP contribution is 2.33. The van der Waals surface area contributed by atoms with Crippen LogP contribution in [0.1, 0.15) is 16.1 Å². The van der Waals surface area contributed by atoms with Crippen molar-refractivity contribution in [3.8, 4) is 11.1 Å². The molecule has 2 heterocycles. The average molecular weight is 335 g/mol. The van der Waals surface area contributed by atoms with Crippen molar-refractivity contribution in [3.05, 3.63) is 47.9 Å². The first-order chi connectivity index (χ1) is 11.3. The van der Waals surface area contributed by atoms with E-state index in [2.05, 4.69) is 15.3 Å². The maximum Gasteiger partial charge on any atom is 0.416 e. The molecule has 3 rings (SSSR count). The maximum absolute atomic E-state index is 12.9. The summed E-state index contributed by atoms with van der Waals surface area (Å²) in [6, 6.07) is 6.23. The van der Waals surface area contributed by atoms with Gasteiger partial charge in [-0.1, -0.05) is 12.1 Å². The van der Waals surface area contributed by atoms with Crippen molar-refractivity contribution in [2.75, 3.05) is 14.1 Å². The Morgan fingerprint density at radius 3 is 2.62 bits per heavy atom. The molecule has 0 N–H and O–H groups in total. The zero-order valence-corrected chi connectivity index (χ0v) is 12.7. The maximum atomic E-state index is 12.9. The van der Waals surface area contributed by atoms with Crippen molar-refractivity contribution < 1.29 is 18.0 Å². The van der Waals surface area contributed by atoms with Crippen LogP contribution in [0.4, 0.5) is 13.2 Å². The van der Waals surface area contributed by atoms with Gasteiger partial charge in [0.05, 0.1) is 5.56 Å². The van der Waals surface area contributed by atoms with E-state index < -0.39 is 11.7 Å². The zero-order valence-electron chi connectivity index (χ0n) is 12.7. The molecule has 0 atom stereocenters. The van der Waals surface area contributed by atoms with Crippen LogP contribution in [0, 0.1) is 0 Å². The minimum atomic E-state index is -4.46. The molecule has 124 valence electrons. The highest BCUT2D eigenvalue weighted by Gasteiger charge is 2.30. The predicted molar refractivity (Wildman–Crippen MR) is 79.2 cm³/mol. The topological polar surface area (TPSA) is 63.4 Å². The first kappa shape index (κ1) is 15.9. The summed E-state index contributed by atoms with van der Waals surface area (Å²) in [4.78, 5) is 13.5. The molecule has 9 heteroatoms. The quantitative estimate of drug-likeness (QED) is 0.722. The van der Waals surface area contributed by atoms with Gasteiger partial charge in [0.15, 0.2) is 5.65 Å². The molecule has 0 aliphatic rings. The fourth-order valence-electron chi connectivity index (χ4n) is 2.24. The van der Waals surface area contributed by atoms with Gasteiger partial charge in [0.2, 0.25) is 0 Å². The van der Waals surface area contributed by atoms with E-state index in [1.165, 1.54) is 33.9 Å². The number of aromatic nitrogens is 4. The van der Waals surface area contributed by atoms with E-state index in [9.17, 15) is 18.0 Å². The molecular formula is C15H12F3N5O. The molecule has 1 aromatic carbocycles. The molecule has 0 radical (unpaired) electrons. The first-order valence-corrected chi connectivity index (χ1v) is 6.88. The number of alkyl halides is 3. The third-order valence-electron chi connectivity index (χ3n) is 3.39. The van der Waals surface area contributed by atoms with Gasteiger partial charge in [0.1, 0.15) is 12.0 Å². The van der Waals surface area contributed by atoms with Crippen LogP contribution in [0.3, 0.4) is 0 Å². The van der Waals surface area contributed by atoms with E-state index in [0.717, 1.165) is 12.1 Å². The number of carbonyl (C=O) groups is 1. The highest BCUT2D eigenvalue weighted by molar-refractivity contribution is 5.94. The van der Waals surface area contributed by atoms with Gasteiger partial charge < -0.3 is 4.90 Å². The van der Waals surface area contributed by atoms with Crippen LogP contribution in [0.25, 0.3) is 16.8 Å². The summed E-state index contributed by atoms with van der Waals surface area (Å²) in [6.45, 7) is 0. The van der Waals surface area contributed by atoms with Crippen LogP contribution in [0.2, 0.25) is 0 Å². The van der Waals surface area contributed by atoms with Gasteiger partial charge in [0.25, 0.3) is 5.91 Å². The lowest BCUT2D eigenvalue weighted by molar-refractivity contribution is -0.137. The largest absolute Gasteiger partial charge is 0.416 e. The van der Waals surface area contributed by atoms with E-state index in [-0.39, 0.29) is 22.8 Å². The molecule has 0 bridgehead atoms. The van der Waals surface area contributed by atoms with Crippen molar-refractivity contribution in [1.82, 2.24) is 24.7 Å². The van der Waals surface area contributed by atoms with Gasteiger partial charge in [0, 0.05) is 19.7 Å². The van der Waals surface area contributed by atoms with E-state index in [0.29, 0.717) is 5.56 Å². The first-order valence-electron chi connectivity index (χ1n) is 6.88. The van der Waals surface area contributed by atoms with Crippen LogP contribution in [-0.4, -0.2) is 44.7 Å². The van der Waals surface area contributed by atoms with Gasteiger partial charge in [-0.25, -0.2) is 0 Å². The highest BCUT2D eigenvalue weighted by atomic mass is 19.4. The molecule has 0 fully saturated rings. The Labute approximate surface area is 134 Å². The second-order valence-electron chi connectivity index (χ2n) is 5.32. The van der Waals surface area contributed by atoms with Crippen LogP contribution < -0.4 is 0 Å². The summed E-state index contributed by atoms with van der Waals surface area (Å²) in [5.41, 5.74) is 0.191. The number of fused-ring (bicyclic) bond motifs is 1. The molecule has 0 aliphatic carbocycles. The number of halogens is 3. The molecular weight excluding hydrogens is 323 g/mol. The van der Waals surface area contributed by atoms with Crippen molar-refractivity contribution in [2.45, 2.75) is 6.18 Å². The number of benzene rings is 1. The molecule has 24 heavy (non-hydrogen) atoms. The fourth-order valence-corrected chi connectivity index (χ4v) is 2.24. The van der Waals surface area contributed by atoms with Crippen molar-refractivity contribution in [2.24, 2.45) is 0 Å². The summed E-state index contributed by atoms with van der Waals surface area (Å²) >= 11 is 0. The Balaban J connectivity index is 2.22. The molecule has 3 aromatic rings. The predicted octanol–water partition coefficient (Wildman–Crippen LogP) is 2.51.